The van der Waals surface area contributed by atoms with E-state index < -0.39 is 94.4 Å². The molecule has 0 radical (unpaired) electrons. The number of phenolic OH excluding ortho intramolecular Hbond substituents is 1. The second kappa shape index (κ2) is 18.2. The number of hydrogen-bond donors (Lipinski definition) is 4. The topological polar surface area (TPSA) is 227 Å². The lowest BCUT2D eigenvalue weighted by Gasteiger charge is -2.38. The Labute approximate surface area is 360 Å². The number of fused-ring (bicyclic) bond motifs is 14. The molecule has 17 heteroatoms. The molecule has 1 fully saturated rings. The van der Waals surface area contributed by atoms with Crippen LogP contribution in [0.4, 0.5) is 5.95 Å². The Bertz CT molecular complexity index is 2250. The number of anilines is 1. The maximum atomic E-state index is 15.0. The molecule has 1 aliphatic carbocycles. The molecule has 5 heterocycles. The molecule has 9 atom stereocenters. The van der Waals surface area contributed by atoms with E-state index >= 15 is 0 Å². The molecular weight excluding hydrogens is 803 g/mol. The van der Waals surface area contributed by atoms with Gasteiger partial charge in [-0.2, -0.15) is 0 Å². The highest BCUT2D eigenvalue weighted by Gasteiger charge is 2.53. The third-order valence-corrected chi connectivity index (χ3v) is 12.4. The zero-order valence-corrected chi connectivity index (χ0v) is 36.4. The van der Waals surface area contributed by atoms with Crippen LogP contribution in [0.5, 0.6) is 11.5 Å². The third kappa shape index (κ3) is 8.48. The van der Waals surface area contributed by atoms with Gasteiger partial charge in [-0.05, 0) is 26.0 Å². The van der Waals surface area contributed by atoms with Crippen LogP contribution < -0.4 is 15.0 Å². The maximum Gasteiger partial charge on any atom is 0.312 e. The highest BCUT2D eigenvalue weighted by molar-refractivity contribution is 6.32. The highest BCUT2D eigenvalue weighted by Crippen LogP contribution is 2.49. The minimum Gasteiger partial charge on any atom is -0.507 e. The number of benzene rings is 1. The SMILES string of the molecule is CO[C@H]1/C=C/O[C@@]2(C)Oc3c(C)c(O)c4c(c3C2=O)C(=O)C(N2CCN(c3ncccn3)CC2)=C(NC(=O)/C(C)=C\C=C\[C@H](C)[C@H](O)[C@@H](C)[C@H](O)[C@H](C)[C@H](OC(C)=O)[C@@H]1C)C4=O. The number of hydrogen-bond acceptors (Lipinski definition) is 16. The number of nitrogens with zero attached hydrogens (tertiary/aromatic N) is 4. The summed E-state index contributed by atoms with van der Waals surface area (Å²) >= 11 is 0. The number of carbonyl (C=O) groups excluding carboxylic acids is 5. The summed E-state index contributed by atoms with van der Waals surface area (Å²) in [5, 5.41) is 37.2. The van der Waals surface area contributed by atoms with E-state index in [-0.39, 0.29) is 52.5 Å². The van der Waals surface area contributed by atoms with Crippen LogP contribution in [0.1, 0.15) is 85.1 Å². The number of carbonyl (C=O) groups is 5. The van der Waals surface area contributed by atoms with Crippen molar-refractivity contribution in [2.45, 2.75) is 85.6 Å². The molecule has 5 bridgehead atoms. The van der Waals surface area contributed by atoms with Gasteiger partial charge in [-0.3, -0.25) is 24.0 Å². The van der Waals surface area contributed by atoms with Crippen LogP contribution in [0.2, 0.25) is 0 Å². The predicted octanol–water partition coefficient (Wildman–Crippen LogP) is 3.57. The number of piperazine rings is 1. The smallest absolute Gasteiger partial charge is 0.312 e. The van der Waals surface area contributed by atoms with Crippen LogP contribution in [0.25, 0.3) is 0 Å². The Morgan fingerprint density at radius 3 is 2.16 bits per heavy atom. The van der Waals surface area contributed by atoms with Crippen LogP contribution in [-0.4, -0.2) is 123 Å². The second-order valence-electron chi connectivity index (χ2n) is 16.5. The summed E-state index contributed by atoms with van der Waals surface area (Å²) < 4.78 is 23.6. The van der Waals surface area contributed by atoms with E-state index in [2.05, 4.69) is 15.3 Å². The molecule has 4 aliphatic heterocycles. The number of ether oxygens (including phenoxy) is 4. The maximum absolute atomic E-state index is 15.0. The first-order chi connectivity index (χ1) is 29.3. The van der Waals surface area contributed by atoms with Crippen molar-refractivity contribution < 1.29 is 58.2 Å². The lowest BCUT2D eigenvalue weighted by atomic mass is 9.78. The van der Waals surface area contributed by atoms with Crippen LogP contribution in [0.15, 0.2) is 66.0 Å². The van der Waals surface area contributed by atoms with Gasteiger partial charge in [0.15, 0.2) is 0 Å². The molecule has 2 aromatic rings. The average Bonchev–Trinajstić information content (AvgIpc) is 3.52. The van der Waals surface area contributed by atoms with Crippen molar-refractivity contribution in [1.29, 1.82) is 0 Å². The van der Waals surface area contributed by atoms with Crippen molar-refractivity contribution in [2.24, 2.45) is 23.7 Å². The van der Waals surface area contributed by atoms with Gasteiger partial charge in [0.05, 0.1) is 41.3 Å². The standard InChI is InChI=1S/C45H55N5O12/c1-22-12-10-13-23(2)43(58)48-33-34(49-17-19-50(20-18-49)44-46-15-11-16-47-44)39(56)30-31(38(33)55)37(54)27(6)41-32(30)42(57)45(8,62-41)60-21-14-29(59-9)24(3)40(61-28(7)51)26(5)36(53)25(4)35(22)52/h10-16,21-22,24-26,29,35-36,40,52-54H,17-20H2,1-9H3,(H,48,58)/b12-10+,21-14+,23-13-/t22-,24+,25+,26-,29-,35-,36-,40+,45-/m0/s1. The van der Waals surface area contributed by atoms with E-state index in [1.807, 2.05) is 4.90 Å². The number of allylic oxidation sites excluding steroid dienone is 4. The van der Waals surface area contributed by atoms with Gasteiger partial charge in [-0.25, -0.2) is 9.97 Å². The highest BCUT2D eigenvalue weighted by atomic mass is 16.7. The van der Waals surface area contributed by atoms with Crippen LogP contribution >= 0.6 is 0 Å². The van der Waals surface area contributed by atoms with Crippen molar-refractivity contribution in [2.75, 3.05) is 38.2 Å². The van der Waals surface area contributed by atoms with Crippen LogP contribution in [-0.2, 0) is 23.8 Å². The number of aromatic hydroxyl groups is 1. The van der Waals surface area contributed by atoms with E-state index in [4.69, 9.17) is 18.9 Å². The lowest BCUT2D eigenvalue weighted by molar-refractivity contribution is -0.160. The van der Waals surface area contributed by atoms with E-state index in [1.165, 1.54) is 53.2 Å². The molecule has 1 amide bonds. The van der Waals surface area contributed by atoms with Crippen molar-refractivity contribution in [3.05, 3.63) is 88.2 Å². The minimum absolute atomic E-state index is 0.00686. The Morgan fingerprint density at radius 1 is 0.887 bits per heavy atom. The molecule has 1 aromatic heterocycles. The number of esters is 1. The Kier molecular flexibility index (Phi) is 13.4. The zero-order chi connectivity index (χ0) is 45.4. The normalized spacial score (nSPS) is 31.8. The van der Waals surface area contributed by atoms with E-state index in [9.17, 15) is 39.3 Å². The fourth-order valence-electron chi connectivity index (χ4n) is 8.56. The molecule has 0 spiro atoms. The molecule has 7 rings (SSSR count). The van der Waals surface area contributed by atoms with Gasteiger partial charge in [-0.15, -0.1) is 0 Å². The Morgan fingerprint density at radius 2 is 1.53 bits per heavy atom. The largest absolute Gasteiger partial charge is 0.507 e. The number of Topliss-reactive ketones (excluding diaryl/α,β-unsaturated/α-hetero) is 3. The number of phenols is 1. The zero-order valence-electron chi connectivity index (χ0n) is 36.4. The summed E-state index contributed by atoms with van der Waals surface area (Å²) in [6.45, 7) is 13.5. The van der Waals surface area contributed by atoms with Crippen molar-refractivity contribution >= 4 is 35.2 Å². The van der Waals surface area contributed by atoms with Gasteiger partial charge in [0, 0.05) is 94.3 Å². The summed E-state index contributed by atoms with van der Waals surface area (Å²) in [6, 6.07) is 1.69. The first kappa shape index (κ1) is 45.6. The van der Waals surface area contributed by atoms with Crippen molar-refractivity contribution in [1.82, 2.24) is 20.2 Å². The molecule has 17 nitrogen and oxygen atoms in total. The molecular formula is C45H55N5O12. The quantitative estimate of drug-likeness (QED) is 0.323. The van der Waals surface area contributed by atoms with Gasteiger partial charge in [0.25, 0.3) is 11.7 Å². The van der Waals surface area contributed by atoms with E-state index in [0.717, 1.165) is 0 Å². The van der Waals surface area contributed by atoms with E-state index in [1.54, 1.807) is 63.2 Å². The molecule has 0 saturated carbocycles. The Hall–Kier alpha value is -5.91. The van der Waals surface area contributed by atoms with Crippen LogP contribution in [0.3, 0.4) is 0 Å². The van der Waals surface area contributed by atoms with Crippen molar-refractivity contribution in [3.63, 3.8) is 0 Å². The number of rotatable bonds is 4. The summed E-state index contributed by atoms with van der Waals surface area (Å²) in [5.74, 6) is -8.76. The molecule has 332 valence electrons. The summed E-state index contributed by atoms with van der Waals surface area (Å²) in [4.78, 5) is 82.7. The fourth-order valence-corrected chi connectivity index (χ4v) is 8.56. The summed E-state index contributed by atoms with van der Waals surface area (Å²) in [5.41, 5.74) is -1.54. The van der Waals surface area contributed by atoms with Gasteiger partial charge in [0.2, 0.25) is 17.5 Å². The number of amides is 1. The van der Waals surface area contributed by atoms with Gasteiger partial charge < -0.3 is 49.4 Å². The summed E-state index contributed by atoms with van der Waals surface area (Å²) in [6.07, 6.45) is 6.63. The number of methoxy groups -OCH3 is 1. The number of ketones is 3. The minimum atomic E-state index is -2.10. The van der Waals surface area contributed by atoms with Gasteiger partial charge >= 0.3 is 11.8 Å². The second-order valence-corrected chi connectivity index (χ2v) is 16.5. The number of nitrogens with one attached hydrogen (secondary N) is 1. The molecule has 4 N–H and O–H groups in total. The van der Waals surface area contributed by atoms with Crippen molar-refractivity contribution in [3.8, 4) is 11.5 Å². The molecule has 1 aromatic carbocycles. The summed E-state index contributed by atoms with van der Waals surface area (Å²) in [7, 11) is 1.43. The average molecular weight is 858 g/mol. The first-order valence-corrected chi connectivity index (χ1v) is 20.6. The van der Waals surface area contributed by atoms with Gasteiger partial charge in [-0.1, -0.05) is 45.9 Å². The fraction of sp³-hybridized carbons (Fsp3) is 0.489. The Balaban J connectivity index is 1.47. The molecule has 62 heavy (non-hydrogen) atoms. The third-order valence-electron chi connectivity index (χ3n) is 12.4. The molecule has 0 unspecified atom stereocenters. The van der Waals surface area contributed by atoms with Crippen LogP contribution in [0, 0.1) is 30.6 Å². The number of aliphatic hydroxyl groups is 2. The number of aliphatic hydroxyl groups excluding tert-OH is 2. The molecule has 5 aliphatic rings. The van der Waals surface area contributed by atoms with E-state index in [0.29, 0.717) is 19.0 Å². The first-order valence-electron chi connectivity index (χ1n) is 20.6. The monoisotopic (exact) mass is 857 g/mol. The molecule has 1 saturated heterocycles. The lowest BCUT2D eigenvalue weighted by Crippen LogP contribution is -2.50. The predicted molar refractivity (Wildman–Crippen MR) is 224 cm³/mol. The number of aromatic nitrogens is 2. The van der Waals surface area contributed by atoms with Gasteiger partial charge in [0.1, 0.15) is 29.0 Å².